The Hall–Kier alpha value is -2.41. The SMILES string of the molecule is O=C(c1ccc2nc[nH]c2c1)N1CCCN(C(=O)C2CCC(O)CC2)CC1. The summed E-state index contributed by atoms with van der Waals surface area (Å²) in [6.45, 7) is 2.49. The fourth-order valence-electron chi connectivity index (χ4n) is 4.17. The number of aromatic amines is 1. The average Bonchev–Trinajstić information content (AvgIpc) is 3.02. The lowest BCUT2D eigenvalue weighted by atomic mass is 9.86. The summed E-state index contributed by atoms with van der Waals surface area (Å²) in [5.41, 5.74) is 2.34. The summed E-state index contributed by atoms with van der Waals surface area (Å²) in [6.07, 6.45) is 5.12. The van der Waals surface area contributed by atoms with Crippen molar-refractivity contribution in [3.05, 3.63) is 30.1 Å². The molecule has 144 valence electrons. The summed E-state index contributed by atoms with van der Waals surface area (Å²) in [4.78, 5) is 36.7. The summed E-state index contributed by atoms with van der Waals surface area (Å²) >= 11 is 0. The molecule has 1 aromatic carbocycles. The molecular formula is C20H26N4O3. The maximum absolute atomic E-state index is 12.9. The normalized spacial score (nSPS) is 24.0. The predicted octanol–water partition coefficient (Wildman–Crippen LogP) is 1.79. The number of fused-ring (bicyclic) bond motifs is 1. The number of hydrogen-bond acceptors (Lipinski definition) is 4. The van der Waals surface area contributed by atoms with E-state index in [1.54, 1.807) is 6.33 Å². The predicted molar refractivity (Wildman–Crippen MR) is 101 cm³/mol. The fraction of sp³-hybridized carbons (Fsp3) is 0.550. The Morgan fingerprint density at radius 2 is 1.78 bits per heavy atom. The minimum Gasteiger partial charge on any atom is -0.393 e. The van der Waals surface area contributed by atoms with Crippen molar-refractivity contribution in [3.8, 4) is 0 Å². The molecule has 2 fully saturated rings. The molecule has 2 aromatic rings. The third-order valence-corrected chi connectivity index (χ3v) is 5.81. The Bertz CT molecular complexity index is 825. The summed E-state index contributed by atoms with van der Waals surface area (Å²) in [7, 11) is 0. The van der Waals surface area contributed by atoms with Gasteiger partial charge in [0.05, 0.1) is 23.5 Å². The molecule has 2 N–H and O–H groups in total. The van der Waals surface area contributed by atoms with Crippen LogP contribution in [0.15, 0.2) is 24.5 Å². The van der Waals surface area contributed by atoms with Gasteiger partial charge in [0.25, 0.3) is 5.91 Å². The highest BCUT2D eigenvalue weighted by atomic mass is 16.3. The van der Waals surface area contributed by atoms with Crippen LogP contribution in [0, 0.1) is 5.92 Å². The summed E-state index contributed by atoms with van der Waals surface area (Å²) in [6, 6.07) is 5.50. The van der Waals surface area contributed by atoms with Gasteiger partial charge < -0.3 is 19.9 Å². The number of hydrogen-bond donors (Lipinski definition) is 2. The smallest absolute Gasteiger partial charge is 0.253 e. The first-order chi connectivity index (χ1) is 13.1. The van der Waals surface area contributed by atoms with E-state index in [1.807, 2.05) is 28.0 Å². The number of nitrogens with one attached hydrogen (secondary N) is 1. The monoisotopic (exact) mass is 370 g/mol. The van der Waals surface area contributed by atoms with Crippen LogP contribution in [0.1, 0.15) is 42.5 Å². The Labute approximate surface area is 158 Å². The van der Waals surface area contributed by atoms with Crippen molar-refractivity contribution in [2.24, 2.45) is 5.92 Å². The number of nitrogens with zero attached hydrogens (tertiary/aromatic N) is 3. The van der Waals surface area contributed by atoms with Gasteiger partial charge in [-0.05, 0) is 50.3 Å². The number of benzene rings is 1. The Morgan fingerprint density at radius 1 is 1.04 bits per heavy atom. The molecule has 2 amide bonds. The summed E-state index contributed by atoms with van der Waals surface area (Å²) < 4.78 is 0. The van der Waals surface area contributed by atoms with Crippen LogP contribution in [-0.2, 0) is 4.79 Å². The molecule has 0 atom stereocenters. The van der Waals surface area contributed by atoms with Crippen LogP contribution in [0.3, 0.4) is 0 Å². The summed E-state index contributed by atoms with van der Waals surface area (Å²) in [5, 5.41) is 9.65. The Morgan fingerprint density at radius 3 is 2.59 bits per heavy atom. The van der Waals surface area contributed by atoms with E-state index in [0.29, 0.717) is 44.6 Å². The highest BCUT2D eigenvalue weighted by molar-refractivity contribution is 5.97. The molecule has 1 saturated carbocycles. The molecule has 7 nitrogen and oxygen atoms in total. The van der Waals surface area contributed by atoms with Gasteiger partial charge in [-0.25, -0.2) is 4.98 Å². The van der Waals surface area contributed by atoms with Gasteiger partial charge in [-0.3, -0.25) is 9.59 Å². The number of carbonyl (C=O) groups excluding carboxylic acids is 2. The minimum atomic E-state index is -0.251. The van der Waals surface area contributed by atoms with E-state index in [-0.39, 0.29) is 23.8 Å². The second-order valence-corrected chi connectivity index (χ2v) is 7.61. The van der Waals surface area contributed by atoms with Gasteiger partial charge in [0.1, 0.15) is 0 Å². The van der Waals surface area contributed by atoms with Crippen molar-refractivity contribution < 1.29 is 14.7 Å². The number of rotatable bonds is 2. The van der Waals surface area contributed by atoms with Crippen LogP contribution >= 0.6 is 0 Å². The van der Waals surface area contributed by atoms with Crippen LogP contribution in [-0.4, -0.2) is 69.0 Å². The standard InChI is InChI=1S/C20H26N4O3/c25-16-5-2-14(3-6-16)19(26)23-8-1-9-24(11-10-23)20(27)15-4-7-17-18(12-15)22-13-21-17/h4,7,12-14,16,25H,1-3,5-6,8-11H2,(H,21,22). The van der Waals surface area contributed by atoms with E-state index in [0.717, 1.165) is 30.3 Å². The van der Waals surface area contributed by atoms with Gasteiger partial charge in [0, 0.05) is 37.7 Å². The Kier molecular flexibility index (Phi) is 5.11. The molecule has 0 radical (unpaired) electrons. The molecule has 0 unspecified atom stereocenters. The van der Waals surface area contributed by atoms with E-state index in [9.17, 15) is 14.7 Å². The van der Waals surface area contributed by atoms with Crippen LogP contribution in [0.4, 0.5) is 0 Å². The van der Waals surface area contributed by atoms with E-state index < -0.39 is 0 Å². The second-order valence-electron chi connectivity index (χ2n) is 7.61. The van der Waals surface area contributed by atoms with Crippen LogP contribution in [0.2, 0.25) is 0 Å². The zero-order chi connectivity index (χ0) is 18.8. The first kappa shape index (κ1) is 18.0. The second kappa shape index (κ2) is 7.68. The van der Waals surface area contributed by atoms with Gasteiger partial charge in [0.2, 0.25) is 5.91 Å². The zero-order valence-electron chi connectivity index (χ0n) is 15.4. The number of aromatic nitrogens is 2. The van der Waals surface area contributed by atoms with Crippen LogP contribution < -0.4 is 0 Å². The van der Waals surface area contributed by atoms with Gasteiger partial charge >= 0.3 is 0 Å². The number of imidazole rings is 1. The molecule has 2 aliphatic rings. The third-order valence-electron chi connectivity index (χ3n) is 5.81. The van der Waals surface area contributed by atoms with Crippen molar-refractivity contribution in [1.82, 2.24) is 19.8 Å². The number of carbonyl (C=O) groups is 2. The quantitative estimate of drug-likeness (QED) is 0.843. The lowest BCUT2D eigenvalue weighted by Crippen LogP contribution is -2.41. The molecule has 1 aliphatic carbocycles. The van der Waals surface area contributed by atoms with Gasteiger partial charge in [0.15, 0.2) is 0 Å². The number of H-pyrrole nitrogens is 1. The molecule has 27 heavy (non-hydrogen) atoms. The molecule has 4 rings (SSSR count). The summed E-state index contributed by atoms with van der Waals surface area (Å²) in [5.74, 6) is 0.218. The molecule has 2 heterocycles. The molecular weight excluding hydrogens is 344 g/mol. The first-order valence-corrected chi connectivity index (χ1v) is 9.81. The molecule has 0 spiro atoms. The topological polar surface area (TPSA) is 89.5 Å². The maximum Gasteiger partial charge on any atom is 0.253 e. The molecule has 0 bridgehead atoms. The Balaban J connectivity index is 1.39. The zero-order valence-corrected chi connectivity index (χ0v) is 15.4. The first-order valence-electron chi connectivity index (χ1n) is 9.81. The van der Waals surface area contributed by atoms with E-state index in [2.05, 4.69) is 9.97 Å². The molecule has 1 saturated heterocycles. The molecule has 1 aromatic heterocycles. The number of amides is 2. The fourth-order valence-corrected chi connectivity index (χ4v) is 4.17. The van der Waals surface area contributed by atoms with Crippen molar-refractivity contribution >= 4 is 22.8 Å². The van der Waals surface area contributed by atoms with Crippen molar-refractivity contribution in [2.75, 3.05) is 26.2 Å². The van der Waals surface area contributed by atoms with E-state index in [4.69, 9.17) is 0 Å². The van der Waals surface area contributed by atoms with Crippen molar-refractivity contribution in [1.29, 1.82) is 0 Å². The van der Waals surface area contributed by atoms with Gasteiger partial charge in [-0.2, -0.15) is 0 Å². The van der Waals surface area contributed by atoms with Crippen LogP contribution in [0.5, 0.6) is 0 Å². The highest BCUT2D eigenvalue weighted by Crippen LogP contribution is 2.26. The lowest BCUT2D eigenvalue weighted by molar-refractivity contribution is -0.137. The van der Waals surface area contributed by atoms with Gasteiger partial charge in [-0.1, -0.05) is 0 Å². The third kappa shape index (κ3) is 3.83. The van der Waals surface area contributed by atoms with Gasteiger partial charge in [-0.15, -0.1) is 0 Å². The van der Waals surface area contributed by atoms with E-state index in [1.165, 1.54) is 0 Å². The molecule has 7 heteroatoms. The lowest BCUT2D eigenvalue weighted by Gasteiger charge is -2.30. The largest absolute Gasteiger partial charge is 0.393 e. The number of aliphatic hydroxyl groups excluding tert-OH is 1. The number of aliphatic hydroxyl groups is 1. The van der Waals surface area contributed by atoms with Crippen molar-refractivity contribution in [3.63, 3.8) is 0 Å². The average molecular weight is 370 g/mol. The van der Waals surface area contributed by atoms with Crippen LogP contribution in [0.25, 0.3) is 11.0 Å². The highest BCUT2D eigenvalue weighted by Gasteiger charge is 2.30. The molecule has 1 aliphatic heterocycles. The van der Waals surface area contributed by atoms with E-state index >= 15 is 0 Å². The minimum absolute atomic E-state index is 0.00147. The van der Waals surface area contributed by atoms with Crippen molar-refractivity contribution in [2.45, 2.75) is 38.2 Å². The maximum atomic E-state index is 12.9.